The third-order valence-electron chi connectivity index (χ3n) is 5.19. The van der Waals surface area contributed by atoms with Crippen molar-refractivity contribution in [1.82, 2.24) is 9.97 Å². The largest absolute Gasteiger partial charge is 0.490 e. The number of aryl methyl sites for hydroxylation is 1. The minimum atomic E-state index is -4.58. The van der Waals surface area contributed by atoms with E-state index < -0.39 is 12.3 Å². The maximum Gasteiger partial charge on any atom is 0.414 e. The van der Waals surface area contributed by atoms with Crippen molar-refractivity contribution in [2.75, 3.05) is 6.61 Å². The number of unbranched alkanes of at least 4 members (excludes halogenated alkanes) is 7. The molecule has 1 N–H and O–H groups in total. The van der Waals surface area contributed by atoms with Crippen molar-refractivity contribution in [1.29, 1.82) is 0 Å². The van der Waals surface area contributed by atoms with Crippen molar-refractivity contribution in [3.05, 3.63) is 42.2 Å². The average Bonchev–Trinajstić information content (AvgIpc) is 2.76. The zero-order valence-electron chi connectivity index (χ0n) is 18.2. The van der Waals surface area contributed by atoms with Gasteiger partial charge in [0, 0.05) is 5.56 Å². The molecule has 0 amide bonds. The number of aliphatic hydroxyl groups is 1. The molecule has 1 aromatic carbocycles. The molecule has 1 atom stereocenters. The van der Waals surface area contributed by atoms with Crippen LogP contribution < -0.4 is 4.74 Å². The molecule has 1 aromatic heterocycles. The van der Waals surface area contributed by atoms with Gasteiger partial charge in [0.2, 0.25) is 0 Å². The van der Waals surface area contributed by atoms with Crippen LogP contribution in [0.1, 0.15) is 70.3 Å². The summed E-state index contributed by atoms with van der Waals surface area (Å²) in [5, 5.41) is 9.09. The van der Waals surface area contributed by atoms with E-state index in [2.05, 4.69) is 16.9 Å². The Bertz CT molecular complexity index is 734. The quantitative estimate of drug-likeness (QED) is 0.341. The van der Waals surface area contributed by atoms with E-state index >= 15 is 0 Å². The number of alkyl halides is 3. The number of nitrogens with zero attached hydrogens (tertiary/aromatic N) is 2. The summed E-state index contributed by atoms with van der Waals surface area (Å²) in [6.45, 7) is 2.87. The van der Waals surface area contributed by atoms with Crippen LogP contribution in [0.2, 0.25) is 0 Å². The lowest BCUT2D eigenvalue weighted by Gasteiger charge is -2.14. The standard InChI is InChI=1S/C24H33F3N2O2/c1-2-3-4-5-6-7-8-9-16-31-21-17-28-23(29-18-21)20-13-10-19(11-14-20)12-15-22(30)24(25,26)27/h10-11,13-14,17-18,22,30H,2-9,12,15-16H2,1H3. The molecule has 0 saturated heterocycles. The third-order valence-corrected chi connectivity index (χ3v) is 5.19. The lowest BCUT2D eigenvalue weighted by Crippen LogP contribution is -2.28. The highest BCUT2D eigenvalue weighted by atomic mass is 19.4. The molecular formula is C24H33F3N2O2. The van der Waals surface area contributed by atoms with E-state index in [1.807, 2.05) is 0 Å². The van der Waals surface area contributed by atoms with Gasteiger partial charge in [-0.1, -0.05) is 76.1 Å². The summed E-state index contributed by atoms with van der Waals surface area (Å²) >= 11 is 0. The molecule has 0 fully saturated rings. The van der Waals surface area contributed by atoms with Crippen molar-refractivity contribution >= 4 is 0 Å². The van der Waals surface area contributed by atoms with Crippen molar-refractivity contribution in [2.24, 2.45) is 0 Å². The molecular weight excluding hydrogens is 405 g/mol. The first kappa shape index (κ1) is 25.1. The summed E-state index contributed by atoms with van der Waals surface area (Å²) in [6, 6.07) is 7.00. The highest BCUT2D eigenvalue weighted by Gasteiger charge is 2.37. The molecule has 172 valence electrons. The molecule has 2 aromatic rings. The summed E-state index contributed by atoms with van der Waals surface area (Å²) < 4.78 is 42.8. The predicted molar refractivity (Wildman–Crippen MR) is 116 cm³/mol. The lowest BCUT2D eigenvalue weighted by molar-refractivity contribution is -0.205. The van der Waals surface area contributed by atoms with Crippen molar-refractivity contribution < 1.29 is 23.0 Å². The Balaban J connectivity index is 1.70. The Kier molecular flexibility index (Phi) is 10.8. The van der Waals surface area contributed by atoms with Crippen molar-refractivity contribution in [2.45, 2.75) is 83.4 Å². The van der Waals surface area contributed by atoms with Crippen LogP contribution in [0.15, 0.2) is 36.7 Å². The van der Waals surface area contributed by atoms with Crippen LogP contribution in [0.25, 0.3) is 11.4 Å². The maximum absolute atomic E-state index is 12.4. The highest BCUT2D eigenvalue weighted by Crippen LogP contribution is 2.24. The molecule has 1 unspecified atom stereocenters. The molecule has 0 aliphatic heterocycles. The molecule has 0 saturated carbocycles. The number of benzene rings is 1. The van der Waals surface area contributed by atoms with Gasteiger partial charge in [-0.2, -0.15) is 13.2 Å². The second-order valence-corrected chi connectivity index (χ2v) is 7.86. The zero-order valence-corrected chi connectivity index (χ0v) is 18.2. The summed E-state index contributed by atoms with van der Waals surface area (Å²) in [4.78, 5) is 8.63. The number of hydrogen-bond donors (Lipinski definition) is 1. The van der Waals surface area contributed by atoms with Crippen LogP contribution >= 0.6 is 0 Å². The topological polar surface area (TPSA) is 55.2 Å². The fourth-order valence-corrected chi connectivity index (χ4v) is 3.25. The molecule has 0 spiro atoms. The van der Waals surface area contributed by atoms with Gasteiger partial charge >= 0.3 is 6.18 Å². The Morgan fingerprint density at radius 3 is 2.06 bits per heavy atom. The summed E-state index contributed by atoms with van der Waals surface area (Å²) in [6.07, 6.45) is 6.16. The molecule has 4 nitrogen and oxygen atoms in total. The Hall–Kier alpha value is -2.15. The predicted octanol–water partition coefficient (Wildman–Crippen LogP) is 6.52. The summed E-state index contributed by atoms with van der Waals surface area (Å²) in [5.41, 5.74) is 1.49. The van der Waals surface area contributed by atoms with Crippen LogP contribution in [-0.2, 0) is 6.42 Å². The lowest BCUT2D eigenvalue weighted by atomic mass is 10.0. The van der Waals surface area contributed by atoms with Crippen LogP contribution in [0.3, 0.4) is 0 Å². The minimum Gasteiger partial charge on any atom is -0.490 e. The van der Waals surface area contributed by atoms with Gasteiger partial charge < -0.3 is 9.84 Å². The van der Waals surface area contributed by atoms with Gasteiger partial charge in [-0.05, 0) is 24.8 Å². The summed E-state index contributed by atoms with van der Waals surface area (Å²) in [7, 11) is 0. The van der Waals surface area contributed by atoms with E-state index in [1.165, 1.54) is 38.5 Å². The van der Waals surface area contributed by atoms with E-state index in [1.54, 1.807) is 36.7 Å². The number of rotatable bonds is 14. The number of hydrogen-bond acceptors (Lipinski definition) is 4. The van der Waals surface area contributed by atoms with E-state index in [0.29, 0.717) is 18.2 Å². The molecule has 7 heteroatoms. The number of aromatic nitrogens is 2. The van der Waals surface area contributed by atoms with Gasteiger partial charge in [-0.15, -0.1) is 0 Å². The fourth-order valence-electron chi connectivity index (χ4n) is 3.25. The molecule has 0 bridgehead atoms. The first-order chi connectivity index (χ1) is 14.9. The zero-order chi connectivity index (χ0) is 22.5. The Morgan fingerprint density at radius 1 is 0.903 bits per heavy atom. The minimum absolute atomic E-state index is 0.146. The monoisotopic (exact) mass is 438 g/mol. The molecule has 0 aliphatic rings. The van der Waals surface area contributed by atoms with E-state index in [-0.39, 0.29) is 12.8 Å². The van der Waals surface area contributed by atoms with E-state index in [9.17, 15) is 13.2 Å². The first-order valence-corrected chi connectivity index (χ1v) is 11.2. The van der Waals surface area contributed by atoms with Crippen LogP contribution in [0.5, 0.6) is 5.75 Å². The Labute approximate surface area is 182 Å². The van der Waals surface area contributed by atoms with Crippen molar-refractivity contribution in [3.8, 4) is 17.1 Å². The number of halogens is 3. The number of aliphatic hydroxyl groups excluding tert-OH is 1. The average molecular weight is 439 g/mol. The smallest absolute Gasteiger partial charge is 0.414 e. The first-order valence-electron chi connectivity index (χ1n) is 11.2. The SMILES string of the molecule is CCCCCCCCCCOc1cnc(-c2ccc(CCC(O)C(F)(F)F)cc2)nc1. The molecule has 0 aliphatic carbocycles. The van der Waals surface area contributed by atoms with Gasteiger partial charge in [0.15, 0.2) is 11.6 Å². The molecule has 31 heavy (non-hydrogen) atoms. The molecule has 0 radical (unpaired) electrons. The van der Waals surface area contributed by atoms with Gasteiger partial charge in [-0.3, -0.25) is 0 Å². The van der Waals surface area contributed by atoms with E-state index in [0.717, 1.165) is 24.0 Å². The van der Waals surface area contributed by atoms with Crippen molar-refractivity contribution in [3.63, 3.8) is 0 Å². The van der Waals surface area contributed by atoms with Crippen LogP contribution in [0, 0.1) is 0 Å². The van der Waals surface area contributed by atoms with Gasteiger partial charge in [0.05, 0.1) is 19.0 Å². The second kappa shape index (κ2) is 13.3. The van der Waals surface area contributed by atoms with Gasteiger partial charge in [-0.25, -0.2) is 9.97 Å². The fraction of sp³-hybridized carbons (Fsp3) is 0.583. The van der Waals surface area contributed by atoms with Gasteiger partial charge in [0.1, 0.15) is 6.10 Å². The van der Waals surface area contributed by atoms with E-state index in [4.69, 9.17) is 9.84 Å². The van der Waals surface area contributed by atoms with Crippen LogP contribution in [-0.4, -0.2) is 34.0 Å². The molecule has 1 heterocycles. The second-order valence-electron chi connectivity index (χ2n) is 7.86. The van der Waals surface area contributed by atoms with Crippen LogP contribution in [0.4, 0.5) is 13.2 Å². The maximum atomic E-state index is 12.4. The normalized spacial score (nSPS) is 12.7. The Morgan fingerprint density at radius 2 is 1.48 bits per heavy atom. The third kappa shape index (κ3) is 9.68. The molecule has 2 rings (SSSR count). The van der Waals surface area contributed by atoms with Gasteiger partial charge in [0.25, 0.3) is 0 Å². The summed E-state index contributed by atoms with van der Waals surface area (Å²) in [5.74, 6) is 1.16. The number of ether oxygens (including phenoxy) is 1. The highest BCUT2D eigenvalue weighted by molar-refractivity contribution is 5.55.